The normalized spacial score (nSPS) is 8.45. The van der Waals surface area contributed by atoms with E-state index in [0.29, 0.717) is 13.2 Å². The van der Waals surface area contributed by atoms with Gasteiger partial charge in [-0.1, -0.05) is 6.58 Å². The lowest BCUT2D eigenvalue weighted by atomic mass is 10.4. The maximum absolute atomic E-state index is 10.6. The van der Waals surface area contributed by atoms with E-state index in [0.717, 1.165) is 6.42 Å². The summed E-state index contributed by atoms with van der Waals surface area (Å²) in [4.78, 5) is 10.6. The van der Waals surface area contributed by atoms with E-state index in [1.54, 1.807) is 7.05 Å². The van der Waals surface area contributed by atoms with Crippen molar-refractivity contribution in [3.8, 4) is 0 Å². The van der Waals surface area contributed by atoms with Crippen LogP contribution in [0.5, 0.6) is 0 Å². The smallest absolute Gasteiger partial charge is 0.314 e. The summed E-state index contributed by atoms with van der Waals surface area (Å²) in [6.07, 6.45) is 2.18. The second kappa shape index (κ2) is 6.92. The number of rotatable bonds is 5. The van der Waals surface area contributed by atoms with E-state index in [-0.39, 0.29) is 6.03 Å². The zero-order chi connectivity index (χ0) is 8.53. The van der Waals surface area contributed by atoms with E-state index in [1.807, 2.05) is 0 Å². The van der Waals surface area contributed by atoms with E-state index >= 15 is 0 Å². The van der Waals surface area contributed by atoms with Crippen LogP contribution in [0.2, 0.25) is 0 Å². The number of carbonyl (C=O) groups is 1. The molecule has 0 aromatic heterocycles. The second-order valence-corrected chi connectivity index (χ2v) is 1.90. The third kappa shape index (κ3) is 6.70. The van der Waals surface area contributed by atoms with Gasteiger partial charge in [0.1, 0.15) is 0 Å². The summed E-state index contributed by atoms with van der Waals surface area (Å²) >= 11 is 0. The monoisotopic (exact) mass is 158 g/mol. The maximum atomic E-state index is 10.6. The summed E-state index contributed by atoms with van der Waals surface area (Å²) in [5, 5.41) is 5.07. The molecule has 0 aromatic carbocycles. The lowest BCUT2D eigenvalue weighted by molar-refractivity contribution is 0.233. The standard InChI is InChI=1S/C7H14N2O2/c1-3-11-6-4-5-9-7(10)8-2/h3H,1,4-6H2,2H3,(H2,8,9,10). The number of hydrogen-bond donors (Lipinski definition) is 2. The minimum absolute atomic E-state index is 0.163. The van der Waals surface area contributed by atoms with Gasteiger partial charge in [0.15, 0.2) is 0 Å². The zero-order valence-electron chi connectivity index (χ0n) is 6.72. The van der Waals surface area contributed by atoms with Crippen LogP contribution in [0.15, 0.2) is 12.8 Å². The molecule has 0 bridgehead atoms. The molecule has 0 atom stereocenters. The molecule has 0 fully saturated rings. The molecule has 0 aliphatic rings. The first kappa shape index (κ1) is 9.81. The van der Waals surface area contributed by atoms with Gasteiger partial charge in [-0.25, -0.2) is 4.79 Å². The Kier molecular flexibility index (Phi) is 6.17. The van der Waals surface area contributed by atoms with E-state index in [9.17, 15) is 4.79 Å². The Hall–Kier alpha value is -1.19. The van der Waals surface area contributed by atoms with Gasteiger partial charge in [0.05, 0.1) is 12.9 Å². The van der Waals surface area contributed by atoms with Crippen molar-refractivity contribution in [2.45, 2.75) is 6.42 Å². The summed E-state index contributed by atoms with van der Waals surface area (Å²) in [5.74, 6) is 0. The highest BCUT2D eigenvalue weighted by Crippen LogP contribution is 1.79. The number of urea groups is 1. The van der Waals surface area contributed by atoms with Gasteiger partial charge in [-0.15, -0.1) is 0 Å². The number of hydrogen-bond acceptors (Lipinski definition) is 2. The van der Waals surface area contributed by atoms with Gasteiger partial charge >= 0.3 is 6.03 Å². The van der Waals surface area contributed by atoms with Crippen LogP contribution in [0, 0.1) is 0 Å². The minimum Gasteiger partial charge on any atom is -0.502 e. The second-order valence-electron chi connectivity index (χ2n) is 1.90. The fraction of sp³-hybridized carbons (Fsp3) is 0.571. The molecule has 0 radical (unpaired) electrons. The lowest BCUT2D eigenvalue weighted by Crippen LogP contribution is -2.33. The van der Waals surface area contributed by atoms with Gasteiger partial charge in [-0.05, 0) is 6.42 Å². The number of carbonyl (C=O) groups excluding carboxylic acids is 1. The SMILES string of the molecule is C=COCCCNC(=O)NC. The van der Waals surface area contributed by atoms with Crippen molar-refractivity contribution in [2.75, 3.05) is 20.2 Å². The van der Waals surface area contributed by atoms with E-state index in [4.69, 9.17) is 4.74 Å². The van der Waals surface area contributed by atoms with Crippen molar-refractivity contribution in [1.29, 1.82) is 0 Å². The first-order valence-electron chi connectivity index (χ1n) is 3.49. The van der Waals surface area contributed by atoms with Crippen LogP contribution in [-0.4, -0.2) is 26.2 Å². The molecule has 0 aliphatic carbocycles. The topological polar surface area (TPSA) is 50.4 Å². The number of ether oxygens (including phenoxy) is 1. The first-order chi connectivity index (χ1) is 5.31. The van der Waals surface area contributed by atoms with Crippen molar-refractivity contribution in [2.24, 2.45) is 0 Å². The van der Waals surface area contributed by atoms with Crippen molar-refractivity contribution in [3.63, 3.8) is 0 Å². The highest BCUT2D eigenvalue weighted by molar-refractivity contribution is 5.73. The van der Waals surface area contributed by atoms with Gasteiger partial charge in [0.2, 0.25) is 0 Å². The molecule has 0 rings (SSSR count). The third-order valence-electron chi connectivity index (χ3n) is 1.07. The summed E-state index contributed by atoms with van der Waals surface area (Å²) in [7, 11) is 1.58. The van der Waals surface area contributed by atoms with E-state index in [2.05, 4.69) is 17.2 Å². The Balaban J connectivity index is 3.01. The Labute approximate surface area is 66.6 Å². The lowest BCUT2D eigenvalue weighted by Gasteiger charge is -2.03. The molecule has 0 saturated carbocycles. The number of amides is 2. The molecule has 0 aliphatic heterocycles. The largest absolute Gasteiger partial charge is 0.502 e. The molecule has 0 unspecified atom stereocenters. The molecular formula is C7H14N2O2. The van der Waals surface area contributed by atoms with Crippen LogP contribution in [-0.2, 0) is 4.74 Å². The fourth-order valence-electron chi connectivity index (χ4n) is 0.529. The summed E-state index contributed by atoms with van der Waals surface area (Å²) in [5.41, 5.74) is 0. The summed E-state index contributed by atoms with van der Waals surface area (Å²) in [6.45, 7) is 4.60. The Morgan fingerprint density at radius 1 is 1.73 bits per heavy atom. The highest BCUT2D eigenvalue weighted by atomic mass is 16.5. The average Bonchev–Trinajstić information content (AvgIpc) is 2.04. The van der Waals surface area contributed by atoms with Crippen molar-refractivity contribution in [1.82, 2.24) is 10.6 Å². The van der Waals surface area contributed by atoms with Crippen LogP contribution < -0.4 is 10.6 Å². The molecule has 4 heteroatoms. The predicted molar refractivity (Wildman–Crippen MR) is 43.2 cm³/mol. The average molecular weight is 158 g/mol. The molecule has 11 heavy (non-hydrogen) atoms. The van der Waals surface area contributed by atoms with Crippen LogP contribution in [0.25, 0.3) is 0 Å². The Morgan fingerprint density at radius 3 is 3.00 bits per heavy atom. The van der Waals surface area contributed by atoms with Gasteiger partial charge in [0.25, 0.3) is 0 Å². The molecule has 0 aromatic rings. The molecular weight excluding hydrogens is 144 g/mol. The molecule has 0 spiro atoms. The molecule has 2 N–H and O–H groups in total. The van der Waals surface area contributed by atoms with E-state index < -0.39 is 0 Å². The van der Waals surface area contributed by atoms with Crippen molar-refractivity contribution in [3.05, 3.63) is 12.8 Å². The quantitative estimate of drug-likeness (QED) is 0.451. The molecule has 2 amide bonds. The predicted octanol–water partition coefficient (Wildman–Crippen LogP) is 0.466. The summed E-state index contributed by atoms with van der Waals surface area (Å²) in [6, 6.07) is -0.163. The molecule has 0 heterocycles. The van der Waals surface area contributed by atoms with Crippen LogP contribution in [0.1, 0.15) is 6.42 Å². The molecule has 4 nitrogen and oxygen atoms in total. The minimum atomic E-state index is -0.163. The Bertz CT molecular complexity index is 126. The zero-order valence-corrected chi connectivity index (χ0v) is 6.72. The first-order valence-corrected chi connectivity index (χ1v) is 3.49. The number of nitrogens with one attached hydrogen (secondary N) is 2. The van der Waals surface area contributed by atoms with Gasteiger partial charge in [0, 0.05) is 13.6 Å². The Morgan fingerprint density at radius 2 is 2.45 bits per heavy atom. The summed E-state index contributed by atoms with van der Waals surface area (Å²) < 4.78 is 4.84. The van der Waals surface area contributed by atoms with Gasteiger partial charge in [-0.3, -0.25) is 0 Å². The van der Waals surface area contributed by atoms with Crippen molar-refractivity contribution < 1.29 is 9.53 Å². The van der Waals surface area contributed by atoms with Crippen LogP contribution >= 0.6 is 0 Å². The third-order valence-corrected chi connectivity index (χ3v) is 1.07. The molecule has 0 saturated heterocycles. The van der Waals surface area contributed by atoms with Gasteiger partial charge in [-0.2, -0.15) is 0 Å². The highest BCUT2D eigenvalue weighted by Gasteiger charge is 1.92. The van der Waals surface area contributed by atoms with Crippen LogP contribution in [0.3, 0.4) is 0 Å². The van der Waals surface area contributed by atoms with E-state index in [1.165, 1.54) is 6.26 Å². The molecule has 64 valence electrons. The van der Waals surface area contributed by atoms with Crippen LogP contribution in [0.4, 0.5) is 4.79 Å². The maximum Gasteiger partial charge on any atom is 0.314 e. The fourth-order valence-corrected chi connectivity index (χ4v) is 0.529. The van der Waals surface area contributed by atoms with Crippen molar-refractivity contribution >= 4 is 6.03 Å². The van der Waals surface area contributed by atoms with Gasteiger partial charge < -0.3 is 15.4 Å².